The average molecular weight is 542 g/mol. The highest BCUT2D eigenvalue weighted by molar-refractivity contribution is 9.11. The molecule has 0 saturated heterocycles. The van der Waals surface area contributed by atoms with Gasteiger partial charge in [-0.1, -0.05) is 46.3 Å². The lowest BCUT2D eigenvalue weighted by atomic mass is 10.0. The van der Waals surface area contributed by atoms with E-state index in [1.54, 1.807) is 14.2 Å². The maximum absolute atomic E-state index is 5.33. The second-order valence-corrected chi connectivity index (χ2v) is 8.90. The van der Waals surface area contributed by atoms with Crippen LogP contribution in [0.1, 0.15) is 23.6 Å². The zero-order valence-corrected chi connectivity index (χ0v) is 20.4. The summed E-state index contributed by atoms with van der Waals surface area (Å²) in [7, 11) is 3.35. The third-order valence-corrected chi connectivity index (χ3v) is 6.30. The Kier molecular flexibility index (Phi) is 6.78. The van der Waals surface area contributed by atoms with E-state index in [0.717, 1.165) is 43.8 Å². The number of ether oxygens (including phenoxy) is 2. The zero-order chi connectivity index (χ0) is 21.8. The molecule has 1 heterocycles. The number of anilines is 1. The summed E-state index contributed by atoms with van der Waals surface area (Å²) in [5.74, 6) is 1.69. The molecule has 31 heavy (non-hydrogen) atoms. The number of hydrogen-bond acceptors (Lipinski definition) is 4. The van der Waals surface area contributed by atoms with Crippen LogP contribution in [0, 0.1) is 0 Å². The molecule has 4 rings (SSSR count). The summed E-state index contributed by atoms with van der Waals surface area (Å²) in [4.78, 5) is 0. The van der Waals surface area contributed by atoms with E-state index in [-0.39, 0.29) is 6.04 Å². The molecule has 0 saturated carbocycles. The number of allylic oxidation sites excluding steroid dienone is 1. The number of halogens is 2. The summed E-state index contributed by atoms with van der Waals surface area (Å²) < 4.78 is 12.6. The van der Waals surface area contributed by atoms with Crippen LogP contribution in [0.2, 0.25) is 0 Å². The summed E-state index contributed by atoms with van der Waals surface area (Å²) in [6.07, 6.45) is 4.98. The van der Waals surface area contributed by atoms with E-state index >= 15 is 0 Å². The highest BCUT2D eigenvalue weighted by Crippen LogP contribution is 2.40. The third kappa shape index (κ3) is 5.02. The fourth-order valence-corrected chi connectivity index (χ4v) is 4.74. The molecular formula is C25H22Br2N2O2. The van der Waals surface area contributed by atoms with Crippen LogP contribution in [-0.2, 0) is 0 Å². The van der Waals surface area contributed by atoms with Gasteiger partial charge in [-0.15, -0.1) is 0 Å². The van der Waals surface area contributed by atoms with E-state index in [9.17, 15) is 0 Å². The second-order valence-electron chi connectivity index (χ2n) is 7.13. The van der Waals surface area contributed by atoms with Gasteiger partial charge in [0, 0.05) is 15.4 Å². The van der Waals surface area contributed by atoms with E-state index in [4.69, 9.17) is 14.6 Å². The average Bonchev–Trinajstić information content (AvgIpc) is 3.22. The van der Waals surface area contributed by atoms with Gasteiger partial charge in [0.1, 0.15) is 11.5 Å². The van der Waals surface area contributed by atoms with Crippen LogP contribution >= 0.6 is 31.9 Å². The zero-order valence-electron chi connectivity index (χ0n) is 17.3. The molecular weight excluding hydrogens is 520 g/mol. The summed E-state index contributed by atoms with van der Waals surface area (Å²) in [5.41, 5.74) is 4.34. The Balaban J connectivity index is 1.65. The summed E-state index contributed by atoms with van der Waals surface area (Å²) >= 11 is 7.23. The molecule has 0 amide bonds. The van der Waals surface area contributed by atoms with Crippen molar-refractivity contribution in [3.05, 3.63) is 92.9 Å². The SMILES string of the molecule is COc1ccc(/C=C/C2=NN(c3ccc(Br)cc3Br)[C@H](c3ccc(OC)cc3)C2)cc1. The largest absolute Gasteiger partial charge is 0.497 e. The molecule has 0 radical (unpaired) electrons. The normalized spacial score (nSPS) is 15.9. The molecule has 0 aromatic heterocycles. The Bertz CT molecular complexity index is 1110. The first-order valence-electron chi connectivity index (χ1n) is 9.85. The molecule has 0 N–H and O–H groups in total. The van der Waals surface area contributed by atoms with Crippen LogP contribution in [-0.4, -0.2) is 19.9 Å². The first-order chi connectivity index (χ1) is 15.1. The van der Waals surface area contributed by atoms with Crippen LogP contribution < -0.4 is 14.5 Å². The predicted molar refractivity (Wildman–Crippen MR) is 134 cm³/mol. The third-order valence-electron chi connectivity index (χ3n) is 5.17. The number of nitrogens with zero attached hydrogens (tertiary/aromatic N) is 2. The number of rotatable bonds is 6. The summed E-state index contributed by atoms with van der Waals surface area (Å²) in [6, 6.07) is 22.4. The van der Waals surface area contributed by atoms with Crippen LogP contribution in [0.5, 0.6) is 11.5 Å². The van der Waals surface area contributed by atoms with Gasteiger partial charge in [0.2, 0.25) is 0 Å². The highest BCUT2D eigenvalue weighted by atomic mass is 79.9. The van der Waals surface area contributed by atoms with E-state index in [1.807, 2.05) is 48.5 Å². The van der Waals surface area contributed by atoms with Crippen molar-refractivity contribution in [1.29, 1.82) is 0 Å². The lowest BCUT2D eigenvalue weighted by molar-refractivity contribution is 0.414. The minimum absolute atomic E-state index is 0.0962. The minimum Gasteiger partial charge on any atom is -0.497 e. The number of hydrogen-bond donors (Lipinski definition) is 0. The minimum atomic E-state index is 0.0962. The molecule has 4 nitrogen and oxygen atoms in total. The van der Waals surface area contributed by atoms with E-state index in [2.05, 4.69) is 67.2 Å². The predicted octanol–water partition coefficient (Wildman–Crippen LogP) is 7.25. The maximum atomic E-state index is 5.33. The van der Waals surface area contributed by atoms with E-state index in [0.29, 0.717) is 0 Å². The van der Waals surface area contributed by atoms with E-state index < -0.39 is 0 Å². The van der Waals surface area contributed by atoms with Gasteiger partial charge >= 0.3 is 0 Å². The van der Waals surface area contributed by atoms with Crippen molar-refractivity contribution < 1.29 is 9.47 Å². The molecule has 6 heteroatoms. The Hall–Kier alpha value is -2.57. The molecule has 1 aliphatic rings. The van der Waals surface area contributed by atoms with Gasteiger partial charge in [-0.05, 0) is 75.6 Å². The molecule has 0 fully saturated rings. The van der Waals surface area contributed by atoms with Crippen molar-refractivity contribution >= 4 is 49.3 Å². The molecule has 3 aromatic carbocycles. The quantitative estimate of drug-likeness (QED) is 0.329. The van der Waals surface area contributed by atoms with Crippen molar-refractivity contribution in [3.63, 3.8) is 0 Å². The Labute approximate surface area is 199 Å². The maximum Gasteiger partial charge on any atom is 0.118 e. The molecule has 0 bridgehead atoms. The van der Waals surface area contributed by atoms with Crippen molar-refractivity contribution in [1.82, 2.24) is 0 Å². The molecule has 0 unspecified atom stereocenters. The fourth-order valence-electron chi connectivity index (χ4n) is 3.52. The van der Waals surface area contributed by atoms with Crippen molar-refractivity contribution in [3.8, 4) is 11.5 Å². The van der Waals surface area contributed by atoms with Crippen LogP contribution in [0.25, 0.3) is 6.08 Å². The van der Waals surface area contributed by atoms with Crippen molar-refractivity contribution in [2.75, 3.05) is 19.2 Å². The molecule has 1 atom stereocenters. The van der Waals surface area contributed by atoms with Crippen LogP contribution in [0.4, 0.5) is 5.69 Å². The Morgan fingerprint density at radius 2 is 1.52 bits per heavy atom. The molecule has 0 aliphatic carbocycles. The molecule has 3 aromatic rings. The summed E-state index contributed by atoms with van der Waals surface area (Å²) in [6.45, 7) is 0. The number of methoxy groups -OCH3 is 2. The second kappa shape index (κ2) is 9.71. The number of benzene rings is 3. The van der Waals surface area contributed by atoms with Gasteiger partial charge in [0.15, 0.2) is 0 Å². The molecule has 158 valence electrons. The van der Waals surface area contributed by atoms with E-state index in [1.165, 1.54) is 5.56 Å². The van der Waals surface area contributed by atoms with Gasteiger partial charge in [0.25, 0.3) is 0 Å². The van der Waals surface area contributed by atoms with Gasteiger partial charge in [-0.2, -0.15) is 5.10 Å². The number of hydrazone groups is 1. The lowest BCUT2D eigenvalue weighted by Gasteiger charge is -2.25. The van der Waals surface area contributed by atoms with Gasteiger partial charge in [0.05, 0.1) is 31.7 Å². The standard InChI is InChI=1S/C25H22Br2N2O2/c1-30-21-10-4-17(5-11-21)3-9-20-16-25(18-6-12-22(31-2)13-7-18)29(28-20)24-14-8-19(26)15-23(24)27/h3-15,25H,16H2,1-2H3/b9-3+/t25-/m0/s1. The first-order valence-corrected chi connectivity index (χ1v) is 11.4. The highest BCUT2D eigenvalue weighted by Gasteiger charge is 2.29. The Morgan fingerprint density at radius 1 is 0.871 bits per heavy atom. The molecule has 1 aliphatic heterocycles. The lowest BCUT2D eigenvalue weighted by Crippen LogP contribution is -2.18. The van der Waals surface area contributed by atoms with Gasteiger partial charge in [-0.3, -0.25) is 5.01 Å². The molecule has 0 spiro atoms. The topological polar surface area (TPSA) is 34.1 Å². The monoisotopic (exact) mass is 540 g/mol. The van der Waals surface area contributed by atoms with Crippen molar-refractivity contribution in [2.45, 2.75) is 12.5 Å². The van der Waals surface area contributed by atoms with Crippen LogP contribution in [0.3, 0.4) is 0 Å². The fraction of sp³-hybridized carbons (Fsp3) is 0.160. The Morgan fingerprint density at radius 3 is 2.13 bits per heavy atom. The summed E-state index contributed by atoms with van der Waals surface area (Å²) in [5, 5.41) is 7.05. The first kappa shape index (κ1) is 21.7. The van der Waals surface area contributed by atoms with Gasteiger partial charge < -0.3 is 9.47 Å². The van der Waals surface area contributed by atoms with Gasteiger partial charge in [-0.25, -0.2) is 0 Å². The van der Waals surface area contributed by atoms with Crippen molar-refractivity contribution in [2.24, 2.45) is 5.10 Å². The smallest absolute Gasteiger partial charge is 0.118 e. The van der Waals surface area contributed by atoms with Crippen LogP contribution in [0.15, 0.2) is 86.9 Å².